The molecule has 6 aromatic rings. The number of hydrogen-bond acceptors (Lipinski definition) is 8. The van der Waals surface area contributed by atoms with Gasteiger partial charge in [0.15, 0.2) is 0 Å². The number of amides is 2. The van der Waals surface area contributed by atoms with Crippen molar-refractivity contribution < 1.29 is 9.59 Å². The molecule has 3 unspecified atom stereocenters. The Bertz CT molecular complexity index is 2160. The highest BCUT2D eigenvalue weighted by molar-refractivity contribution is 5.84. The molecule has 0 aliphatic carbocycles. The lowest BCUT2D eigenvalue weighted by Gasteiger charge is -2.31. The van der Waals surface area contributed by atoms with Crippen LogP contribution in [0.5, 0.6) is 0 Å². The largest absolute Gasteiger partial charge is 0.345 e. The molecule has 54 heavy (non-hydrogen) atoms. The van der Waals surface area contributed by atoms with E-state index in [0.29, 0.717) is 18.1 Å². The summed E-state index contributed by atoms with van der Waals surface area (Å²) in [4.78, 5) is 49.0. The first-order valence-electron chi connectivity index (χ1n) is 18.3. The van der Waals surface area contributed by atoms with Gasteiger partial charge in [0.05, 0.1) is 41.6 Å². The fourth-order valence-electron chi connectivity index (χ4n) is 7.24. The van der Waals surface area contributed by atoms with E-state index >= 15 is 0 Å². The third-order valence-corrected chi connectivity index (χ3v) is 9.99. The second-order valence-electron chi connectivity index (χ2n) is 14.2. The summed E-state index contributed by atoms with van der Waals surface area (Å²) in [6.07, 6.45) is 5.31. The Labute approximate surface area is 315 Å². The molecular weight excluding hydrogens is 677 g/mol. The van der Waals surface area contributed by atoms with Crippen LogP contribution in [-0.4, -0.2) is 91.4 Å². The van der Waals surface area contributed by atoms with Crippen LogP contribution >= 0.6 is 0 Å². The predicted octanol–water partition coefficient (Wildman–Crippen LogP) is 6.37. The van der Waals surface area contributed by atoms with Crippen LogP contribution in [-0.2, 0) is 9.59 Å². The van der Waals surface area contributed by atoms with E-state index in [1.807, 2.05) is 147 Å². The number of carbonyl (C=O) groups excluding carboxylic acids is 2. The summed E-state index contributed by atoms with van der Waals surface area (Å²) in [5.41, 5.74) is 6.81. The van der Waals surface area contributed by atoms with Crippen LogP contribution in [0.15, 0.2) is 109 Å². The van der Waals surface area contributed by atoms with Gasteiger partial charge in [0, 0.05) is 12.1 Å². The fourth-order valence-corrected chi connectivity index (χ4v) is 7.24. The second kappa shape index (κ2) is 15.9. The van der Waals surface area contributed by atoms with Crippen LogP contribution in [0.1, 0.15) is 66.7 Å². The first-order chi connectivity index (χ1) is 26.2. The Morgan fingerprint density at radius 2 is 1.31 bits per heavy atom. The maximum absolute atomic E-state index is 13.9. The van der Waals surface area contributed by atoms with Crippen molar-refractivity contribution in [1.29, 1.82) is 0 Å². The number of nitrogens with one attached hydrogen (secondary N) is 3. The average molecular weight is 723 g/mol. The van der Waals surface area contributed by atoms with Gasteiger partial charge in [-0.25, -0.2) is 9.97 Å². The van der Waals surface area contributed by atoms with Crippen molar-refractivity contribution in [3.8, 4) is 33.9 Å². The number of imidazole rings is 2. The van der Waals surface area contributed by atoms with Crippen molar-refractivity contribution >= 4 is 11.8 Å². The highest BCUT2D eigenvalue weighted by Gasteiger charge is 2.37. The van der Waals surface area contributed by atoms with Gasteiger partial charge in [0.1, 0.15) is 29.4 Å². The third kappa shape index (κ3) is 7.71. The zero-order valence-corrected chi connectivity index (χ0v) is 31.3. The molecule has 1 aliphatic rings. The molecule has 3 aromatic carbocycles. The zero-order valence-electron chi connectivity index (χ0n) is 31.3. The predicted molar refractivity (Wildman–Crippen MR) is 209 cm³/mol. The lowest BCUT2D eigenvalue weighted by Crippen LogP contribution is -2.40. The molecule has 1 saturated heterocycles. The Morgan fingerprint density at radius 1 is 0.722 bits per heavy atom. The number of rotatable bonds is 12. The van der Waals surface area contributed by atoms with E-state index in [9.17, 15) is 9.59 Å². The molecule has 3 aromatic heterocycles. The second-order valence-corrected chi connectivity index (χ2v) is 14.2. The molecule has 0 bridgehead atoms. The molecule has 0 spiro atoms. The molecule has 2 amide bonds. The molecule has 1 fully saturated rings. The van der Waals surface area contributed by atoms with Gasteiger partial charge < -0.3 is 20.2 Å². The standard InChI is InChI=1S/C42H46N10O2/c1-27(45-41(53)37(50(2)3)30-13-8-6-9-14-30)39-43-25-34(46-39)29-20-18-28(19-21-29)32-22-23-33(49-48-32)35-26-44-40(47-35)36-17-12-24-52(36)42(54)38(51(4)5)31-15-10-7-11-16-31/h6-11,13-16,18-23,25-27,36-38H,12,17,24H2,1-5H3,(H,43,46)(H,44,47)(H,45,53)/t27?,36-,37?,38?/m0/s1. The molecule has 12 nitrogen and oxygen atoms in total. The SMILES string of the molecule is CC(NC(=O)C(c1ccccc1)N(C)C)c1ncc(-c2ccc(-c3ccc(-c4cnc([C@@H]5CCCN5C(=O)C(c5ccccc5)N(C)C)[nH]4)nn3)cc2)[nH]1. The van der Waals surface area contributed by atoms with E-state index in [1.165, 1.54) is 0 Å². The van der Waals surface area contributed by atoms with Crippen molar-refractivity contribution in [2.75, 3.05) is 34.7 Å². The van der Waals surface area contributed by atoms with Crippen LogP contribution in [0.4, 0.5) is 0 Å². The van der Waals surface area contributed by atoms with Gasteiger partial charge in [-0.15, -0.1) is 10.2 Å². The van der Waals surface area contributed by atoms with E-state index in [1.54, 1.807) is 12.4 Å². The molecular formula is C42H46N10O2. The van der Waals surface area contributed by atoms with Gasteiger partial charge in [0.2, 0.25) is 11.8 Å². The number of likely N-dealkylation sites (tertiary alicyclic amines) is 1. The number of benzene rings is 3. The van der Waals surface area contributed by atoms with Crippen molar-refractivity contribution in [3.63, 3.8) is 0 Å². The van der Waals surface area contributed by atoms with Crippen LogP contribution in [0, 0.1) is 0 Å². The normalized spacial score (nSPS) is 16.1. The number of likely N-dealkylation sites (N-methyl/N-ethyl adjacent to an activating group) is 2. The van der Waals surface area contributed by atoms with Crippen LogP contribution in [0.2, 0.25) is 0 Å². The van der Waals surface area contributed by atoms with E-state index < -0.39 is 6.04 Å². The highest BCUT2D eigenvalue weighted by atomic mass is 16.2. The summed E-state index contributed by atoms with van der Waals surface area (Å²) in [5.74, 6) is 1.41. The highest BCUT2D eigenvalue weighted by Crippen LogP contribution is 2.35. The van der Waals surface area contributed by atoms with Gasteiger partial charge in [-0.3, -0.25) is 19.4 Å². The van der Waals surface area contributed by atoms with Gasteiger partial charge in [-0.1, -0.05) is 84.9 Å². The number of carbonyl (C=O) groups is 2. The van der Waals surface area contributed by atoms with E-state index in [2.05, 4.69) is 30.5 Å². The summed E-state index contributed by atoms with van der Waals surface area (Å²) in [7, 11) is 7.68. The smallest absolute Gasteiger partial charge is 0.245 e. The fraction of sp³-hybridized carbons (Fsp3) is 0.286. The average Bonchev–Trinajstić information content (AvgIpc) is 3.98. The van der Waals surface area contributed by atoms with Crippen molar-refractivity contribution in [3.05, 3.63) is 132 Å². The molecule has 0 radical (unpaired) electrons. The lowest BCUT2D eigenvalue weighted by atomic mass is 10.0. The van der Waals surface area contributed by atoms with E-state index in [0.717, 1.165) is 58.0 Å². The van der Waals surface area contributed by atoms with Crippen LogP contribution < -0.4 is 5.32 Å². The summed E-state index contributed by atoms with van der Waals surface area (Å²) in [5, 5.41) is 12.2. The Hall–Kier alpha value is -5.98. The minimum absolute atomic E-state index is 0.0747. The first-order valence-corrected chi connectivity index (χ1v) is 18.3. The number of aromatic nitrogens is 6. The number of H-pyrrole nitrogens is 2. The lowest BCUT2D eigenvalue weighted by molar-refractivity contribution is -0.137. The quantitative estimate of drug-likeness (QED) is 0.133. The van der Waals surface area contributed by atoms with E-state index in [4.69, 9.17) is 4.98 Å². The van der Waals surface area contributed by atoms with Crippen molar-refractivity contribution in [2.24, 2.45) is 0 Å². The van der Waals surface area contributed by atoms with Gasteiger partial charge in [0.25, 0.3) is 0 Å². The number of nitrogens with zero attached hydrogens (tertiary/aromatic N) is 7. The van der Waals surface area contributed by atoms with Crippen molar-refractivity contribution in [1.82, 2.24) is 50.1 Å². The minimum atomic E-state index is -0.411. The van der Waals surface area contributed by atoms with Crippen LogP contribution in [0.25, 0.3) is 33.9 Å². The topological polar surface area (TPSA) is 139 Å². The molecule has 7 rings (SSSR count). The van der Waals surface area contributed by atoms with Crippen molar-refractivity contribution in [2.45, 2.75) is 43.9 Å². The maximum atomic E-state index is 13.9. The summed E-state index contributed by atoms with van der Waals surface area (Å²) in [6.45, 7) is 2.61. The minimum Gasteiger partial charge on any atom is -0.345 e. The molecule has 4 atom stereocenters. The summed E-state index contributed by atoms with van der Waals surface area (Å²) < 4.78 is 0. The van der Waals surface area contributed by atoms with E-state index in [-0.39, 0.29) is 29.9 Å². The van der Waals surface area contributed by atoms with Gasteiger partial charge in [-0.05, 0) is 76.8 Å². The molecule has 276 valence electrons. The zero-order chi connectivity index (χ0) is 37.8. The number of hydrogen-bond donors (Lipinski definition) is 3. The molecule has 1 aliphatic heterocycles. The Morgan fingerprint density at radius 3 is 1.94 bits per heavy atom. The summed E-state index contributed by atoms with van der Waals surface area (Å²) >= 11 is 0. The van der Waals surface area contributed by atoms with Gasteiger partial charge >= 0.3 is 0 Å². The Kier molecular flexibility index (Phi) is 10.7. The number of aromatic amines is 2. The monoisotopic (exact) mass is 722 g/mol. The first kappa shape index (κ1) is 36.4. The van der Waals surface area contributed by atoms with Crippen LogP contribution in [0.3, 0.4) is 0 Å². The summed E-state index contributed by atoms with van der Waals surface area (Å²) in [6, 6.07) is 30.3. The molecule has 4 heterocycles. The maximum Gasteiger partial charge on any atom is 0.245 e. The molecule has 0 saturated carbocycles. The molecule has 12 heteroatoms. The Balaban J connectivity index is 0.992. The third-order valence-electron chi connectivity index (χ3n) is 9.99. The van der Waals surface area contributed by atoms with Gasteiger partial charge in [-0.2, -0.15) is 0 Å². The molecule has 3 N–H and O–H groups in total.